The van der Waals surface area contributed by atoms with E-state index in [1.807, 2.05) is 52.7 Å². The van der Waals surface area contributed by atoms with Crippen molar-refractivity contribution in [2.75, 3.05) is 19.8 Å². The Morgan fingerprint density at radius 2 is 2.08 bits per heavy atom. The van der Waals surface area contributed by atoms with Crippen LogP contribution in [0.2, 0.25) is 0 Å². The molecule has 0 spiro atoms. The fraction of sp³-hybridized carbons (Fsp3) is 0.263. The number of rotatable bonds is 3. The van der Waals surface area contributed by atoms with Crippen LogP contribution in [-0.2, 0) is 4.74 Å². The zero-order valence-corrected chi connectivity index (χ0v) is 14.7. The van der Waals surface area contributed by atoms with E-state index in [0.717, 1.165) is 10.4 Å². The minimum atomic E-state index is -0.110. The number of nitrogens with zero attached hydrogens (tertiary/aromatic N) is 2. The molecule has 128 valence electrons. The Hall–Kier alpha value is -2.44. The summed E-state index contributed by atoms with van der Waals surface area (Å²) < 4.78 is 11.3. The van der Waals surface area contributed by atoms with Gasteiger partial charge in [0.05, 0.1) is 24.1 Å². The second-order valence-electron chi connectivity index (χ2n) is 5.90. The topological polar surface area (TPSA) is 55.6 Å². The van der Waals surface area contributed by atoms with Crippen LogP contribution in [0.3, 0.4) is 0 Å². The Labute approximate surface area is 149 Å². The highest BCUT2D eigenvalue weighted by atomic mass is 32.1. The molecule has 1 aliphatic heterocycles. The number of ether oxygens (including phenoxy) is 1. The van der Waals surface area contributed by atoms with E-state index in [-0.39, 0.29) is 11.9 Å². The molecular formula is C19H18N2O3S. The molecule has 1 aliphatic rings. The number of thiophene rings is 1. The second-order valence-corrected chi connectivity index (χ2v) is 6.85. The fourth-order valence-electron chi connectivity index (χ4n) is 3.03. The largest absolute Gasteiger partial charge is 0.440 e. The summed E-state index contributed by atoms with van der Waals surface area (Å²) in [6, 6.07) is 13.7. The van der Waals surface area contributed by atoms with Crippen LogP contribution in [0, 0.1) is 6.92 Å². The van der Waals surface area contributed by atoms with Crippen molar-refractivity contribution in [3.8, 4) is 10.8 Å². The molecule has 0 N–H and O–H groups in total. The molecule has 2 aromatic heterocycles. The Morgan fingerprint density at radius 1 is 1.24 bits per heavy atom. The zero-order chi connectivity index (χ0) is 17.2. The number of amides is 1. The molecule has 5 nitrogen and oxygen atoms in total. The summed E-state index contributed by atoms with van der Waals surface area (Å²) in [6.45, 7) is 3.35. The summed E-state index contributed by atoms with van der Waals surface area (Å²) in [4.78, 5) is 20.4. The van der Waals surface area contributed by atoms with Gasteiger partial charge in [0, 0.05) is 6.54 Å². The molecule has 1 amide bonds. The minimum Gasteiger partial charge on any atom is -0.440 e. The van der Waals surface area contributed by atoms with E-state index in [4.69, 9.17) is 9.15 Å². The van der Waals surface area contributed by atoms with E-state index in [0.29, 0.717) is 37.1 Å². The number of aryl methyl sites for hydroxylation is 1. The van der Waals surface area contributed by atoms with Gasteiger partial charge in [-0.1, -0.05) is 36.4 Å². The number of oxazole rings is 1. The molecule has 3 aromatic rings. The Kier molecular flexibility index (Phi) is 4.38. The first-order valence-corrected chi connectivity index (χ1v) is 9.07. The molecule has 0 saturated carbocycles. The monoisotopic (exact) mass is 354 g/mol. The van der Waals surface area contributed by atoms with Gasteiger partial charge in [-0.3, -0.25) is 4.79 Å². The molecule has 1 saturated heterocycles. The van der Waals surface area contributed by atoms with Gasteiger partial charge in [-0.25, -0.2) is 4.98 Å². The van der Waals surface area contributed by atoms with Gasteiger partial charge in [-0.2, -0.15) is 0 Å². The molecule has 1 fully saturated rings. The zero-order valence-electron chi connectivity index (χ0n) is 13.8. The van der Waals surface area contributed by atoms with Crippen LogP contribution < -0.4 is 0 Å². The molecule has 0 unspecified atom stereocenters. The first-order chi connectivity index (χ1) is 12.2. The lowest BCUT2D eigenvalue weighted by Gasteiger charge is -2.35. The molecule has 6 heteroatoms. The lowest BCUT2D eigenvalue weighted by Crippen LogP contribution is -2.43. The van der Waals surface area contributed by atoms with E-state index in [1.165, 1.54) is 0 Å². The molecule has 25 heavy (non-hydrogen) atoms. The molecule has 1 aromatic carbocycles. The summed E-state index contributed by atoms with van der Waals surface area (Å²) in [5, 5.41) is 1.96. The van der Waals surface area contributed by atoms with Crippen LogP contribution in [0.25, 0.3) is 10.8 Å². The lowest BCUT2D eigenvalue weighted by molar-refractivity contribution is -0.00306. The van der Waals surface area contributed by atoms with E-state index >= 15 is 0 Å². The summed E-state index contributed by atoms with van der Waals surface area (Å²) in [6.07, 6.45) is 0. The SMILES string of the molecule is Cc1oc(-c2cccs2)nc1C(=O)N1CCOC[C@H]1c1ccccc1. The van der Waals surface area contributed by atoms with Crippen molar-refractivity contribution in [1.82, 2.24) is 9.88 Å². The minimum absolute atomic E-state index is 0.108. The molecule has 0 bridgehead atoms. The number of hydrogen-bond donors (Lipinski definition) is 0. The molecule has 1 atom stereocenters. The van der Waals surface area contributed by atoms with Crippen molar-refractivity contribution < 1.29 is 13.9 Å². The van der Waals surface area contributed by atoms with Crippen molar-refractivity contribution in [2.24, 2.45) is 0 Å². The third-order valence-electron chi connectivity index (χ3n) is 4.30. The Bertz CT molecular complexity index is 858. The third kappa shape index (κ3) is 3.10. The number of carbonyl (C=O) groups excluding carboxylic acids is 1. The van der Waals surface area contributed by atoms with Crippen LogP contribution in [0.15, 0.2) is 52.3 Å². The summed E-state index contributed by atoms with van der Waals surface area (Å²) in [5.74, 6) is 0.938. The number of morpholine rings is 1. The van der Waals surface area contributed by atoms with E-state index < -0.39 is 0 Å². The average Bonchev–Trinajstić information content (AvgIpc) is 3.31. The number of benzene rings is 1. The van der Waals surface area contributed by atoms with Gasteiger partial charge in [-0.15, -0.1) is 11.3 Å². The molecular weight excluding hydrogens is 336 g/mol. The van der Waals surface area contributed by atoms with Crippen LogP contribution in [0.4, 0.5) is 0 Å². The summed E-state index contributed by atoms with van der Waals surface area (Å²) in [5.41, 5.74) is 1.45. The Morgan fingerprint density at radius 3 is 2.84 bits per heavy atom. The van der Waals surface area contributed by atoms with Crippen molar-refractivity contribution in [1.29, 1.82) is 0 Å². The quantitative estimate of drug-likeness (QED) is 0.715. The average molecular weight is 354 g/mol. The maximum absolute atomic E-state index is 13.1. The summed E-state index contributed by atoms with van der Waals surface area (Å²) in [7, 11) is 0. The van der Waals surface area contributed by atoms with Crippen molar-refractivity contribution in [3.05, 3.63) is 64.9 Å². The smallest absolute Gasteiger partial charge is 0.276 e. The van der Waals surface area contributed by atoms with Crippen LogP contribution in [0.1, 0.15) is 27.9 Å². The third-order valence-corrected chi connectivity index (χ3v) is 5.16. The maximum Gasteiger partial charge on any atom is 0.276 e. The van der Waals surface area contributed by atoms with Gasteiger partial charge >= 0.3 is 0 Å². The van der Waals surface area contributed by atoms with Gasteiger partial charge in [0.2, 0.25) is 5.89 Å². The van der Waals surface area contributed by atoms with E-state index in [1.54, 1.807) is 18.3 Å². The normalized spacial score (nSPS) is 17.6. The van der Waals surface area contributed by atoms with Gasteiger partial charge in [-0.05, 0) is 23.9 Å². The highest BCUT2D eigenvalue weighted by Gasteiger charge is 2.32. The van der Waals surface area contributed by atoms with E-state index in [9.17, 15) is 4.79 Å². The van der Waals surface area contributed by atoms with Gasteiger partial charge in [0.1, 0.15) is 5.76 Å². The highest BCUT2D eigenvalue weighted by molar-refractivity contribution is 7.13. The molecule has 0 aliphatic carbocycles. The second kappa shape index (κ2) is 6.82. The number of aromatic nitrogens is 1. The molecule has 0 radical (unpaired) electrons. The Balaban J connectivity index is 1.65. The predicted octanol–water partition coefficient (Wildman–Crippen LogP) is 3.93. The maximum atomic E-state index is 13.1. The van der Waals surface area contributed by atoms with Crippen molar-refractivity contribution in [3.63, 3.8) is 0 Å². The van der Waals surface area contributed by atoms with Crippen molar-refractivity contribution >= 4 is 17.2 Å². The number of hydrogen-bond acceptors (Lipinski definition) is 5. The number of carbonyl (C=O) groups is 1. The lowest BCUT2D eigenvalue weighted by atomic mass is 10.0. The standard InChI is InChI=1S/C19H18N2O3S/c1-13-17(20-18(24-13)16-8-5-11-25-16)19(22)21-9-10-23-12-15(21)14-6-3-2-4-7-14/h2-8,11,15H,9-10,12H2,1H3/t15-/m0/s1. The fourth-order valence-corrected chi connectivity index (χ4v) is 3.68. The first kappa shape index (κ1) is 16.1. The van der Waals surface area contributed by atoms with Gasteiger partial charge in [0.15, 0.2) is 5.69 Å². The van der Waals surface area contributed by atoms with Crippen molar-refractivity contribution in [2.45, 2.75) is 13.0 Å². The van der Waals surface area contributed by atoms with Crippen LogP contribution in [-0.4, -0.2) is 35.5 Å². The molecule has 3 heterocycles. The molecule has 4 rings (SSSR count). The highest BCUT2D eigenvalue weighted by Crippen LogP contribution is 2.29. The first-order valence-electron chi connectivity index (χ1n) is 8.19. The predicted molar refractivity (Wildman–Crippen MR) is 95.6 cm³/mol. The van der Waals surface area contributed by atoms with Gasteiger partial charge < -0.3 is 14.1 Å². The van der Waals surface area contributed by atoms with Gasteiger partial charge in [0.25, 0.3) is 5.91 Å². The van der Waals surface area contributed by atoms with E-state index in [2.05, 4.69) is 4.98 Å². The summed E-state index contributed by atoms with van der Waals surface area (Å²) >= 11 is 1.54. The van der Waals surface area contributed by atoms with Crippen LogP contribution >= 0.6 is 11.3 Å². The van der Waals surface area contributed by atoms with Crippen LogP contribution in [0.5, 0.6) is 0 Å².